The van der Waals surface area contributed by atoms with Gasteiger partial charge in [0, 0.05) is 18.2 Å². The van der Waals surface area contributed by atoms with Gasteiger partial charge in [-0.2, -0.15) is 0 Å². The van der Waals surface area contributed by atoms with Crippen LogP contribution in [0.3, 0.4) is 0 Å². The van der Waals surface area contributed by atoms with Crippen molar-refractivity contribution < 1.29 is 9.18 Å². The van der Waals surface area contributed by atoms with Gasteiger partial charge in [-0.3, -0.25) is 4.79 Å². The fourth-order valence-electron chi connectivity index (χ4n) is 1.02. The smallest absolute Gasteiger partial charge is 0.138 e. The predicted octanol–water partition coefficient (Wildman–Crippen LogP) is 2.72. The molecule has 0 spiro atoms. The second-order valence-corrected chi connectivity index (χ2v) is 3.57. The van der Waals surface area contributed by atoms with Gasteiger partial charge >= 0.3 is 0 Å². The topological polar surface area (TPSA) is 17.1 Å². The van der Waals surface area contributed by atoms with Crippen molar-refractivity contribution in [2.24, 2.45) is 0 Å². The Balaban J connectivity index is 2.54. The van der Waals surface area contributed by atoms with Crippen molar-refractivity contribution in [2.45, 2.75) is 12.8 Å². The molecule has 70 valence electrons. The summed E-state index contributed by atoms with van der Waals surface area (Å²) < 4.78 is 12.5. The van der Waals surface area contributed by atoms with Crippen LogP contribution >= 0.6 is 15.9 Å². The minimum Gasteiger partial charge on any atom is -0.299 e. The Morgan fingerprint density at radius 3 is 2.46 bits per heavy atom. The minimum absolute atomic E-state index is 0.170. The Hall–Kier alpha value is -0.700. The fraction of sp³-hybridized carbons (Fsp3) is 0.300. The van der Waals surface area contributed by atoms with Crippen molar-refractivity contribution in [1.29, 1.82) is 0 Å². The molecule has 0 bridgehead atoms. The van der Waals surface area contributed by atoms with Crippen LogP contribution in [-0.4, -0.2) is 11.1 Å². The van der Waals surface area contributed by atoms with Gasteiger partial charge in [-0.1, -0.05) is 28.1 Å². The second-order valence-electron chi connectivity index (χ2n) is 2.78. The fourth-order valence-corrected chi connectivity index (χ4v) is 1.47. The summed E-state index contributed by atoms with van der Waals surface area (Å²) in [5.74, 6) is -0.0971. The quantitative estimate of drug-likeness (QED) is 0.745. The number of hydrogen-bond donors (Lipinski definition) is 0. The van der Waals surface area contributed by atoms with Crippen molar-refractivity contribution in [1.82, 2.24) is 0 Å². The van der Waals surface area contributed by atoms with Crippen molar-refractivity contribution in [3.63, 3.8) is 0 Å². The van der Waals surface area contributed by atoms with Gasteiger partial charge < -0.3 is 0 Å². The molecule has 0 aliphatic carbocycles. The number of alkyl halides is 1. The molecule has 13 heavy (non-hydrogen) atoms. The molecule has 1 nitrogen and oxygen atoms in total. The van der Waals surface area contributed by atoms with Crippen LogP contribution in [0.15, 0.2) is 24.3 Å². The molecule has 0 aliphatic heterocycles. The summed E-state index contributed by atoms with van der Waals surface area (Å²) in [5, 5.41) is 0.688. The molecule has 1 rings (SSSR count). The summed E-state index contributed by atoms with van der Waals surface area (Å²) >= 11 is 3.19. The van der Waals surface area contributed by atoms with Gasteiger partial charge in [-0.05, 0) is 17.7 Å². The molecule has 0 saturated carbocycles. The molecule has 0 saturated heterocycles. The highest BCUT2D eigenvalue weighted by Gasteiger charge is 2.02. The van der Waals surface area contributed by atoms with Crippen LogP contribution in [0.5, 0.6) is 0 Å². The van der Waals surface area contributed by atoms with E-state index in [-0.39, 0.29) is 11.6 Å². The van der Waals surface area contributed by atoms with Crippen LogP contribution in [0.4, 0.5) is 4.39 Å². The molecule has 0 radical (unpaired) electrons. The molecule has 0 aliphatic rings. The first-order valence-corrected chi connectivity index (χ1v) is 5.16. The number of benzene rings is 1. The molecule has 0 amide bonds. The molecule has 0 aromatic heterocycles. The average Bonchev–Trinajstić information content (AvgIpc) is 2.09. The van der Waals surface area contributed by atoms with Crippen LogP contribution in [0.25, 0.3) is 0 Å². The van der Waals surface area contributed by atoms with E-state index in [1.807, 2.05) is 0 Å². The van der Waals surface area contributed by atoms with Crippen molar-refractivity contribution in [3.05, 3.63) is 35.6 Å². The maximum Gasteiger partial charge on any atom is 0.138 e. The highest BCUT2D eigenvalue weighted by Crippen LogP contribution is 2.05. The van der Waals surface area contributed by atoms with Gasteiger partial charge in [0.2, 0.25) is 0 Å². The number of rotatable bonds is 4. The van der Waals surface area contributed by atoms with E-state index in [0.29, 0.717) is 18.2 Å². The molecule has 0 fully saturated rings. The minimum atomic E-state index is -0.267. The average molecular weight is 245 g/mol. The standard InChI is InChI=1S/C10H10BrFO/c11-6-5-10(13)7-8-1-3-9(12)4-2-8/h1-4H,5-7H2. The predicted molar refractivity (Wildman–Crippen MR) is 53.5 cm³/mol. The van der Waals surface area contributed by atoms with E-state index in [0.717, 1.165) is 5.56 Å². The maximum atomic E-state index is 12.5. The number of carbonyl (C=O) groups is 1. The number of hydrogen-bond acceptors (Lipinski definition) is 1. The van der Waals surface area contributed by atoms with Crippen LogP contribution in [0.2, 0.25) is 0 Å². The Morgan fingerprint density at radius 1 is 1.31 bits per heavy atom. The summed E-state index contributed by atoms with van der Waals surface area (Å²) in [6, 6.07) is 6.02. The van der Waals surface area contributed by atoms with E-state index >= 15 is 0 Å². The largest absolute Gasteiger partial charge is 0.299 e. The van der Waals surface area contributed by atoms with Crippen LogP contribution in [0, 0.1) is 5.82 Å². The zero-order chi connectivity index (χ0) is 9.68. The van der Waals surface area contributed by atoms with Crippen LogP contribution < -0.4 is 0 Å². The Labute approximate surface area is 85.1 Å². The molecule has 0 unspecified atom stereocenters. The van der Waals surface area contributed by atoms with Gasteiger partial charge in [0.1, 0.15) is 11.6 Å². The van der Waals surface area contributed by atoms with Crippen molar-refractivity contribution in [2.75, 3.05) is 5.33 Å². The highest BCUT2D eigenvalue weighted by molar-refractivity contribution is 9.09. The molecule has 1 aromatic rings. The summed E-state index contributed by atoms with van der Waals surface area (Å²) in [7, 11) is 0. The number of Topliss-reactive ketones (excluding diaryl/α,β-unsaturated/α-hetero) is 1. The first-order valence-electron chi connectivity index (χ1n) is 4.04. The monoisotopic (exact) mass is 244 g/mol. The first kappa shape index (κ1) is 10.4. The summed E-state index contributed by atoms with van der Waals surface area (Å²) in [6.45, 7) is 0. The SMILES string of the molecule is O=C(CCBr)Cc1ccc(F)cc1. The van der Waals surface area contributed by atoms with E-state index in [1.165, 1.54) is 12.1 Å². The van der Waals surface area contributed by atoms with Gasteiger partial charge in [-0.15, -0.1) is 0 Å². The number of carbonyl (C=O) groups excluding carboxylic acids is 1. The van der Waals surface area contributed by atoms with Gasteiger partial charge in [0.25, 0.3) is 0 Å². The lowest BCUT2D eigenvalue weighted by molar-refractivity contribution is -0.118. The normalized spacial score (nSPS) is 10.0. The lowest BCUT2D eigenvalue weighted by atomic mass is 10.1. The van der Waals surface area contributed by atoms with E-state index in [4.69, 9.17) is 0 Å². The lowest BCUT2D eigenvalue weighted by Gasteiger charge is -1.98. The Bertz CT molecular complexity index is 281. The van der Waals surface area contributed by atoms with E-state index in [9.17, 15) is 9.18 Å². The van der Waals surface area contributed by atoms with E-state index in [1.54, 1.807) is 12.1 Å². The van der Waals surface area contributed by atoms with Crippen LogP contribution in [0.1, 0.15) is 12.0 Å². The molecule has 0 atom stereocenters. The Kier molecular flexibility index (Phi) is 4.09. The summed E-state index contributed by atoms with van der Waals surface area (Å²) in [5.41, 5.74) is 0.868. The molecular weight excluding hydrogens is 235 g/mol. The van der Waals surface area contributed by atoms with E-state index in [2.05, 4.69) is 15.9 Å². The highest BCUT2D eigenvalue weighted by atomic mass is 79.9. The third kappa shape index (κ3) is 3.68. The third-order valence-electron chi connectivity index (χ3n) is 1.69. The number of ketones is 1. The van der Waals surface area contributed by atoms with Crippen LogP contribution in [-0.2, 0) is 11.2 Å². The van der Waals surface area contributed by atoms with Gasteiger partial charge in [0.15, 0.2) is 0 Å². The zero-order valence-electron chi connectivity index (χ0n) is 7.09. The van der Waals surface area contributed by atoms with Crippen molar-refractivity contribution in [3.8, 4) is 0 Å². The van der Waals surface area contributed by atoms with E-state index < -0.39 is 0 Å². The lowest BCUT2D eigenvalue weighted by Crippen LogP contribution is -2.02. The maximum absolute atomic E-state index is 12.5. The molecule has 1 aromatic carbocycles. The Morgan fingerprint density at radius 2 is 1.92 bits per heavy atom. The molecule has 0 N–H and O–H groups in total. The summed E-state index contributed by atoms with van der Waals surface area (Å²) in [6.07, 6.45) is 0.920. The van der Waals surface area contributed by atoms with Gasteiger partial charge in [0.05, 0.1) is 0 Å². The van der Waals surface area contributed by atoms with Gasteiger partial charge in [-0.25, -0.2) is 4.39 Å². The molecule has 3 heteroatoms. The van der Waals surface area contributed by atoms with Crippen molar-refractivity contribution >= 4 is 21.7 Å². The summed E-state index contributed by atoms with van der Waals surface area (Å²) in [4.78, 5) is 11.2. The molecular formula is C10H10BrFO. The zero-order valence-corrected chi connectivity index (χ0v) is 8.68. The first-order chi connectivity index (χ1) is 6.22. The number of halogens is 2. The second kappa shape index (κ2) is 5.12. The molecule has 0 heterocycles. The third-order valence-corrected chi connectivity index (χ3v) is 2.08.